The normalized spacial score (nSPS) is 46.0. The molecule has 3 fully saturated rings. The molecule has 18 heavy (non-hydrogen) atoms. The second-order valence-corrected chi connectivity index (χ2v) is 6.36. The summed E-state index contributed by atoms with van der Waals surface area (Å²) in [7, 11) is 0. The second-order valence-electron chi connectivity index (χ2n) is 6.36. The minimum Gasteiger partial charge on any atom is -0.378 e. The van der Waals surface area contributed by atoms with Gasteiger partial charge in [-0.25, -0.2) is 0 Å². The summed E-state index contributed by atoms with van der Waals surface area (Å²) < 4.78 is 11.6. The van der Waals surface area contributed by atoms with E-state index in [1.807, 2.05) is 0 Å². The maximum absolute atomic E-state index is 6.03. The number of hydrogen-bond donors (Lipinski definition) is 1. The van der Waals surface area contributed by atoms with Crippen molar-refractivity contribution < 1.29 is 9.47 Å². The highest BCUT2D eigenvalue weighted by atomic mass is 16.6. The van der Waals surface area contributed by atoms with Gasteiger partial charge in [-0.2, -0.15) is 0 Å². The fraction of sp³-hybridized carbons (Fsp3) is 1.00. The van der Waals surface area contributed by atoms with Gasteiger partial charge in [0.05, 0.1) is 12.2 Å². The highest BCUT2D eigenvalue weighted by Gasteiger charge is 2.44. The lowest BCUT2D eigenvalue weighted by atomic mass is 9.88. The van der Waals surface area contributed by atoms with Gasteiger partial charge in [-0.3, -0.25) is 4.90 Å². The van der Waals surface area contributed by atoms with Crippen LogP contribution in [-0.2, 0) is 9.47 Å². The fourth-order valence-electron chi connectivity index (χ4n) is 4.00. The largest absolute Gasteiger partial charge is 0.378 e. The van der Waals surface area contributed by atoms with Gasteiger partial charge in [0.15, 0.2) is 0 Å². The first-order chi connectivity index (χ1) is 8.72. The minimum atomic E-state index is 0.0312. The molecule has 3 rings (SSSR count). The van der Waals surface area contributed by atoms with Gasteiger partial charge in [0, 0.05) is 38.3 Å². The van der Waals surface area contributed by atoms with Crippen LogP contribution in [-0.4, -0.2) is 55.5 Å². The summed E-state index contributed by atoms with van der Waals surface area (Å²) in [6.07, 6.45) is 4.65. The van der Waals surface area contributed by atoms with E-state index in [0.717, 1.165) is 39.2 Å². The summed E-state index contributed by atoms with van der Waals surface area (Å²) in [4.78, 5) is 2.68. The molecule has 0 aromatic heterocycles. The summed E-state index contributed by atoms with van der Waals surface area (Å²) in [6, 6.07) is 1.35. The van der Waals surface area contributed by atoms with Gasteiger partial charge < -0.3 is 15.2 Å². The van der Waals surface area contributed by atoms with E-state index in [2.05, 4.69) is 11.8 Å². The van der Waals surface area contributed by atoms with Gasteiger partial charge in [0.1, 0.15) is 0 Å². The first-order valence-corrected chi connectivity index (χ1v) is 7.40. The SMILES string of the molecule is CC1CC(CN)CN1C1CCOC2(CCOC2)C1. The van der Waals surface area contributed by atoms with Crippen LogP contribution in [0.4, 0.5) is 0 Å². The summed E-state index contributed by atoms with van der Waals surface area (Å²) in [5.41, 5.74) is 5.86. The molecule has 0 radical (unpaired) electrons. The predicted octanol–water partition coefficient (Wildman–Crippen LogP) is 0.994. The molecule has 0 aliphatic carbocycles. The highest BCUT2D eigenvalue weighted by Crippen LogP contribution is 2.37. The lowest BCUT2D eigenvalue weighted by Crippen LogP contribution is -2.50. The van der Waals surface area contributed by atoms with Gasteiger partial charge in [0.25, 0.3) is 0 Å². The van der Waals surface area contributed by atoms with Crippen molar-refractivity contribution in [2.75, 3.05) is 32.9 Å². The zero-order chi connectivity index (χ0) is 12.6. The third-order valence-electron chi connectivity index (χ3n) is 5.05. The van der Waals surface area contributed by atoms with E-state index in [1.165, 1.54) is 19.4 Å². The summed E-state index contributed by atoms with van der Waals surface area (Å²) in [5, 5.41) is 0. The van der Waals surface area contributed by atoms with Crippen LogP contribution in [0.1, 0.15) is 32.6 Å². The van der Waals surface area contributed by atoms with Gasteiger partial charge >= 0.3 is 0 Å². The maximum Gasteiger partial charge on any atom is 0.0951 e. The maximum atomic E-state index is 6.03. The van der Waals surface area contributed by atoms with E-state index in [9.17, 15) is 0 Å². The summed E-state index contributed by atoms with van der Waals surface area (Å²) in [6.45, 7) is 6.92. The van der Waals surface area contributed by atoms with Gasteiger partial charge in [-0.1, -0.05) is 0 Å². The van der Waals surface area contributed by atoms with Crippen molar-refractivity contribution in [1.82, 2.24) is 4.90 Å². The molecule has 3 saturated heterocycles. The number of nitrogens with zero attached hydrogens (tertiary/aromatic N) is 1. The van der Waals surface area contributed by atoms with E-state index in [0.29, 0.717) is 18.0 Å². The number of nitrogens with two attached hydrogens (primary N) is 1. The molecular weight excluding hydrogens is 228 g/mol. The molecule has 3 aliphatic heterocycles. The number of hydrogen-bond acceptors (Lipinski definition) is 4. The van der Waals surface area contributed by atoms with Gasteiger partial charge in [-0.15, -0.1) is 0 Å². The van der Waals surface area contributed by atoms with Crippen molar-refractivity contribution in [3.05, 3.63) is 0 Å². The fourth-order valence-corrected chi connectivity index (χ4v) is 4.00. The van der Waals surface area contributed by atoms with Crippen LogP contribution in [0, 0.1) is 5.92 Å². The molecule has 2 N–H and O–H groups in total. The molecular formula is C14H26N2O2. The molecule has 4 atom stereocenters. The first kappa shape index (κ1) is 12.9. The third-order valence-corrected chi connectivity index (χ3v) is 5.05. The molecule has 4 heteroatoms. The monoisotopic (exact) mass is 254 g/mol. The minimum absolute atomic E-state index is 0.0312. The molecule has 0 bridgehead atoms. The lowest BCUT2D eigenvalue weighted by molar-refractivity contribution is -0.107. The molecule has 3 heterocycles. The third kappa shape index (κ3) is 2.31. The van der Waals surface area contributed by atoms with Gasteiger partial charge in [0.2, 0.25) is 0 Å². The van der Waals surface area contributed by atoms with Crippen molar-refractivity contribution >= 4 is 0 Å². The highest BCUT2D eigenvalue weighted by molar-refractivity contribution is 4.96. The second kappa shape index (κ2) is 5.08. The molecule has 4 nitrogen and oxygen atoms in total. The van der Waals surface area contributed by atoms with Crippen LogP contribution >= 0.6 is 0 Å². The van der Waals surface area contributed by atoms with Gasteiger partial charge in [-0.05, 0) is 38.6 Å². The van der Waals surface area contributed by atoms with Crippen LogP contribution in [0.15, 0.2) is 0 Å². The van der Waals surface area contributed by atoms with Crippen molar-refractivity contribution in [2.24, 2.45) is 11.7 Å². The Hall–Kier alpha value is -0.160. The Morgan fingerprint density at radius 3 is 2.94 bits per heavy atom. The van der Waals surface area contributed by atoms with Crippen LogP contribution in [0.5, 0.6) is 0 Å². The van der Waals surface area contributed by atoms with Crippen molar-refractivity contribution in [1.29, 1.82) is 0 Å². The Kier molecular flexibility index (Phi) is 3.63. The number of ether oxygens (including phenoxy) is 2. The van der Waals surface area contributed by atoms with E-state index in [1.54, 1.807) is 0 Å². The molecule has 3 aliphatic rings. The molecule has 0 amide bonds. The molecule has 104 valence electrons. The van der Waals surface area contributed by atoms with Crippen molar-refractivity contribution in [3.63, 3.8) is 0 Å². The standard InChI is InChI=1S/C14H26N2O2/c1-11-6-12(8-15)9-16(11)13-2-4-18-14(7-13)3-5-17-10-14/h11-13H,2-10,15H2,1H3. The molecule has 4 unspecified atom stereocenters. The van der Waals surface area contributed by atoms with E-state index >= 15 is 0 Å². The molecule has 0 saturated carbocycles. The zero-order valence-corrected chi connectivity index (χ0v) is 11.4. The van der Waals surface area contributed by atoms with Crippen molar-refractivity contribution in [2.45, 2.75) is 50.3 Å². The summed E-state index contributed by atoms with van der Waals surface area (Å²) in [5.74, 6) is 0.693. The Balaban J connectivity index is 1.65. The Labute approximate surface area is 110 Å². The average Bonchev–Trinajstić information content (AvgIpc) is 2.97. The van der Waals surface area contributed by atoms with Crippen LogP contribution in [0.3, 0.4) is 0 Å². The number of likely N-dealkylation sites (tertiary alicyclic amines) is 1. The smallest absolute Gasteiger partial charge is 0.0951 e. The lowest BCUT2D eigenvalue weighted by Gasteiger charge is -2.42. The van der Waals surface area contributed by atoms with Crippen LogP contribution in [0.25, 0.3) is 0 Å². The molecule has 0 aromatic carbocycles. The average molecular weight is 254 g/mol. The van der Waals surface area contributed by atoms with Crippen LogP contribution in [0.2, 0.25) is 0 Å². The first-order valence-electron chi connectivity index (χ1n) is 7.40. The predicted molar refractivity (Wildman–Crippen MR) is 70.5 cm³/mol. The Bertz CT molecular complexity index is 292. The molecule has 0 aromatic rings. The number of rotatable bonds is 2. The van der Waals surface area contributed by atoms with E-state index in [-0.39, 0.29) is 5.60 Å². The van der Waals surface area contributed by atoms with Crippen molar-refractivity contribution in [3.8, 4) is 0 Å². The van der Waals surface area contributed by atoms with E-state index < -0.39 is 0 Å². The zero-order valence-electron chi connectivity index (χ0n) is 11.4. The quantitative estimate of drug-likeness (QED) is 0.798. The summed E-state index contributed by atoms with van der Waals surface area (Å²) >= 11 is 0. The Morgan fingerprint density at radius 1 is 1.39 bits per heavy atom. The van der Waals surface area contributed by atoms with Crippen LogP contribution < -0.4 is 5.73 Å². The molecule has 1 spiro atoms. The Morgan fingerprint density at radius 2 is 2.28 bits per heavy atom. The topological polar surface area (TPSA) is 47.7 Å². The van der Waals surface area contributed by atoms with E-state index in [4.69, 9.17) is 15.2 Å².